The van der Waals surface area contributed by atoms with Crippen molar-refractivity contribution in [3.8, 4) is 0 Å². The Balaban J connectivity index is 1.96. The maximum absolute atomic E-state index is 12.1. The Morgan fingerprint density at radius 3 is 2.78 bits per heavy atom. The van der Waals surface area contributed by atoms with E-state index in [0.717, 1.165) is 11.4 Å². The Kier molecular flexibility index (Phi) is 4.62. The first-order chi connectivity index (χ1) is 8.65. The van der Waals surface area contributed by atoms with Crippen molar-refractivity contribution in [2.45, 2.75) is 35.3 Å². The van der Waals surface area contributed by atoms with Crippen LogP contribution in [0.1, 0.15) is 36.0 Å². The van der Waals surface area contributed by atoms with Gasteiger partial charge < -0.3 is 5.32 Å². The van der Waals surface area contributed by atoms with Crippen LogP contribution >= 0.6 is 24.4 Å². The standard InChI is InChI=1S/C14H19NOS2/c1-18-14(7-2-3-8-14)10-15-13(16)11-5-4-6-12(17)9-11/h4-6,9,17H,2-3,7-8,10H2,1H3,(H,15,16). The molecule has 0 saturated heterocycles. The van der Waals surface area contributed by atoms with Gasteiger partial charge in [-0.2, -0.15) is 11.8 Å². The lowest BCUT2D eigenvalue weighted by Gasteiger charge is -2.26. The summed E-state index contributed by atoms with van der Waals surface area (Å²) in [5.41, 5.74) is 0.691. The molecule has 0 radical (unpaired) electrons. The topological polar surface area (TPSA) is 29.1 Å². The molecule has 1 saturated carbocycles. The molecule has 2 rings (SSSR count). The van der Waals surface area contributed by atoms with Gasteiger partial charge in [0.1, 0.15) is 0 Å². The number of thioether (sulfide) groups is 1. The van der Waals surface area contributed by atoms with Crippen LogP contribution in [0.2, 0.25) is 0 Å². The molecule has 1 N–H and O–H groups in total. The quantitative estimate of drug-likeness (QED) is 0.828. The van der Waals surface area contributed by atoms with Crippen LogP contribution in [-0.2, 0) is 0 Å². The van der Waals surface area contributed by atoms with E-state index < -0.39 is 0 Å². The molecule has 18 heavy (non-hydrogen) atoms. The maximum Gasteiger partial charge on any atom is 0.251 e. The van der Waals surface area contributed by atoms with E-state index in [2.05, 4.69) is 24.2 Å². The summed E-state index contributed by atoms with van der Waals surface area (Å²) in [5.74, 6) is 0.00576. The van der Waals surface area contributed by atoms with Crippen LogP contribution in [-0.4, -0.2) is 23.5 Å². The third kappa shape index (κ3) is 3.23. The molecule has 2 nitrogen and oxygen atoms in total. The monoisotopic (exact) mass is 281 g/mol. The van der Waals surface area contributed by atoms with E-state index in [1.807, 2.05) is 30.0 Å². The summed E-state index contributed by atoms with van der Waals surface area (Å²) in [5, 5.41) is 3.07. The Morgan fingerprint density at radius 1 is 1.44 bits per heavy atom. The van der Waals surface area contributed by atoms with Crippen LogP contribution in [0.5, 0.6) is 0 Å². The van der Waals surface area contributed by atoms with E-state index in [4.69, 9.17) is 0 Å². The molecule has 0 heterocycles. The van der Waals surface area contributed by atoms with E-state index in [9.17, 15) is 4.79 Å². The van der Waals surface area contributed by atoms with Crippen molar-refractivity contribution in [3.63, 3.8) is 0 Å². The lowest BCUT2D eigenvalue weighted by atomic mass is 10.1. The number of carbonyl (C=O) groups excluding carboxylic acids is 1. The summed E-state index contributed by atoms with van der Waals surface area (Å²) in [7, 11) is 0. The van der Waals surface area contributed by atoms with Crippen molar-refractivity contribution in [2.24, 2.45) is 0 Å². The van der Waals surface area contributed by atoms with Gasteiger partial charge in [-0.3, -0.25) is 4.79 Å². The molecule has 0 aromatic heterocycles. The Morgan fingerprint density at radius 2 is 2.17 bits per heavy atom. The largest absolute Gasteiger partial charge is 0.351 e. The van der Waals surface area contributed by atoms with E-state index in [1.54, 1.807) is 6.07 Å². The molecule has 1 aliphatic carbocycles. The first-order valence-electron chi connectivity index (χ1n) is 6.28. The average molecular weight is 281 g/mol. The minimum atomic E-state index is 0.00576. The molecule has 0 spiro atoms. The number of benzene rings is 1. The molecular weight excluding hydrogens is 262 g/mol. The Labute approximate surface area is 118 Å². The summed E-state index contributed by atoms with van der Waals surface area (Å²) in [6, 6.07) is 7.37. The van der Waals surface area contributed by atoms with Gasteiger partial charge in [-0.25, -0.2) is 0 Å². The zero-order valence-corrected chi connectivity index (χ0v) is 12.3. The predicted octanol–water partition coefficient (Wildman–Crippen LogP) is 3.38. The van der Waals surface area contributed by atoms with E-state index in [1.165, 1.54) is 25.7 Å². The number of nitrogens with one attached hydrogen (secondary N) is 1. The van der Waals surface area contributed by atoms with Crippen molar-refractivity contribution in [1.82, 2.24) is 5.32 Å². The normalized spacial score (nSPS) is 17.7. The fraction of sp³-hybridized carbons (Fsp3) is 0.500. The highest BCUT2D eigenvalue weighted by Crippen LogP contribution is 2.39. The smallest absolute Gasteiger partial charge is 0.251 e. The summed E-state index contributed by atoms with van der Waals surface area (Å²) in [6.07, 6.45) is 7.12. The van der Waals surface area contributed by atoms with Gasteiger partial charge in [0, 0.05) is 21.8 Å². The second-order valence-electron chi connectivity index (χ2n) is 4.83. The van der Waals surface area contributed by atoms with E-state index in [-0.39, 0.29) is 10.7 Å². The molecule has 4 heteroatoms. The Bertz CT molecular complexity index is 428. The summed E-state index contributed by atoms with van der Waals surface area (Å²) >= 11 is 6.15. The number of amides is 1. The predicted molar refractivity (Wildman–Crippen MR) is 80.7 cm³/mol. The molecule has 98 valence electrons. The lowest BCUT2D eigenvalue weighted by molar-refractivity contribution is 0.0949. The van der Waals surface area contributed by atoms with Gasteiger partial charge >= 0.3 is 0 Å². The van der Waals surface area contributed by atoms with Crippen molar-refractivity contribution >= 4 is 30.3 Å². The van der Waals surface area contributed by atoms with Gasteiger partial charge in [0.05, 0.1) is 0 Å². The molecule has 1 aromatic rings. The SMILES string of the molecule is CSC1(CNC(=O)c2cccc(S)c2)CCCC1. The zero-order valence-electron chi connectivity index (χ0n) is 10.6. The van der Waals surface area contributed by atoms with Crippen LogP contribution in [0, 0.1) is 0 Å². The van der Waals surface area contributed by atoms with Crippen molar-refractivity contribution in [1.29, 1.82) is 0 Å². The first kappa shape index (κ1) is 13.8. The van der Waals surface area contributed by atoms with Gasteiger partial charge in [-0.05, 0) is 37.3 Å². The number of carbonyl (C=O) groups is 1. The van der Waals surface area contributed by atoms with Gasteiger partial charge in [-0.1, -0.05) is 18.9 Å². The third-order valence-electron chi connectivity index (χ3n) is 3.63. The Hall–Kier alpha value is -0.610. The summed E-state index contributed by atoms with van der Waals surface area (Å²) in [6.45, 7) is 0.768. The second kappa shape index (κ2) is 6.02. The number of hydrogen-bond donors (Lipinski definition) is 2. The van der Waals surface area contributed by atoms with Crippen LogP contribution in [0.15, 0.2) is 29.2 Å². The van der Waals surface area contributed by atoms with E-state index >= 15 is 0 Å². The molecule has 0 aliphatic heterocycles. The van der Waals surface area contributed by atoms with Crippen LogP contribution in [0.25, 0.3) is 0 Å². The van der Waals surface area contributed by atoms with Crippen LogP contribution in [0.3, 0.4) is 0 Å². The molecule has 1 aromatic carbocycles. The lowest BCUT2D eigenvalue weighted by Crippen LogP contribution is -2.38. The molecule has 1 amide bonds. The van der Waals surface area contributed by atoms with Crippen molar-refractivity contribution in [3.05, 3.63) is 29.8 Å². The number of rotatable bonds is 4. The average Bonchev–Trinajstić information content (AvgIpc) is 2.85. The molecular formula is C14H19NOS2. The van der Waals surface area contributed by atoms with Gasteiger partial charge in [0.15, 0.2) is 0 Å². The number of thiol groups is 1. The zero-order chi connectivity index (χ0) is 13.0. The molecule has 0 atom stereocenters. The summed E-state index contributed by atoms with van der Waals surface area (Å²) < 4.78 is 0.258. The third-order valence-corrected chi connectivity index (χ3v) is 5.32. The van der Waals surface area contributed by atoms with Crippen molar-refractivity contribution in [2.75, 3.05) is 12.8 Å². The van der Waals surface area contributed by atoms with E-state index in [0.29, 0.717) is 5.56 Å². The highest BCUT2D eigenvalue weighted by atomic mass is 32.2. The molecule has 1 aliphatic rings. The maximum atomic E-state index is 12.1. The molecule has 1 fully saturated rings. The minimum absolute atomic E-state index is 0.00576. The first-order valence-corrected chi connectivity index (χ1v) is 7.95. The van der Waals surface area contributed by atoms with Crippen LogP contribution in [0.4, 0.5) is 0 Å². The summed E-state index contributed by atoms with van der Waals surface area (Å²) in [4.78, 5) is 12.9. The van der Waals surface area contributed by atoms with Gasteiger partial charge in [0.2, 0.25) is 0 Å². The van der Waals surface area contributed by atoms with Gasteiger partial charge in [-0.15, -0.1) is 12.6 Å². The minimum Gasteiger partial charge on any atom is -0.351 e. The fourth-order valence-electron chi connectivity index (χ4n) is 2.46. The highest BCUT2D eigenvalue weighted by molar-refractivity contribution is 8.00. The molecule has 0 bridgehead atoms. The second-order valence-corrected chi connectivity index (χ2v) is 6.62. The van der Waals surface area contributed by atoms with Gasteiger partial charge in [0.25, 0.3) is 5.91 Å². The van der Waals surface area contributed by atoms with Crippen LogP contribution < -0.4 is 5.32 Å². The molecule has 0 unspecified atom stereocenters. The number of hydrogen-bond acceptors (Lipinski definition) is 3. The van der Waals surface area contributed by atoms with Crippen molar-refractivity contribution < 1.29 is 4.79 Å². The fourth-order valence-corrected chi connectivity index (χ4v) is 3.60. The highest BCUT2D eigenvalue weighted by Gasteiger charge is 2.33.